The van der Waals surface area contributed by atoms with Crippen molar-refractivity contribution in [2.45, 2.75) is 65.2 Å². The van der Waals surface area contributed by atoms with Gasteiger partial charge in [-0.25, -0.2) is 0 Å². The second-order valence-corrected chi connectivity index (χ2v) is 8.05. The lowest BCUT2D eigenvalue weighted by Gasteiger charge is -2.08. The van der Waals surface area contributed by atoms with E-state index in [1.807, 2.05) is 18.3 Å². The summed E-state index contributed by atoms with van der Waals surface area (Å²) in [4.78, 5) is 4.59. The van der Waals surface area contributed by atoms with Crippen LogP contribution in [-0.2, 0) is 19.3 Å². The Labute approximate surface area is 182 Å². The van der Waals surface area contributed by atoms with Gasteiger partial charge in [0.25, 0.3) is 0 Å². The SMILES string of the molecule is CCCCCCOc1ccc(-c2ccc(CCc3ccc(CCC)cc3)cc2)nc1. The maximum atomic E-state index is 5.79. The smallest absolute Gasteiger partial charge is 0.137 e. The summed E-state index contributed by atoms with van der Waals surface area (Å²) in [6.45, 7) is 5.23. The highest BCUT2D eigenvalue weighted by Gasteiger charge is 2.02. The Morgan fingerprint density at radius 3 is 1.83 bits per heavy atom. The summed E-state index contributed by atoms with van der Waals surface area (Å²) in [5, 5.41) is 0. The Hall–Kier alpha value is -2.61. The molecule has 1 heterocycles. The van der Waals surface area contributed by atoms with Gasteiger partial charge in [0, 0.05) is 5.56 Å². The normalized spacial score (nSPS) is 10.9. The topological polar surface area (TPSA) is 22.1 Å². The molecule has 0 bridgehead atoms. The molecule has 0 aliphatic rings. The number of rotatable bonds is 12. The molecule has 0 aliphatic heterocycles. The number of hydrogen-bond donors (Lipinski definition) is 0. The first-order chi connectivity index (χ1) is 14.8. The fourth-order valence-electron chi connectivity index (χ4n) is 3.65. The average molecular weight is 402 g/mol. The van der Waals surface area contributed by atoms with Crippen LogP contribution in [0, 0.1) is 0 Å². The summed E-state index contributed by atoms with van der Waals surface area (Å²) in [5.74, 6) is 0.858. The number of unbranched alkanes of at least 4 members (excludes halogenated alkanes) is 3. The zero-order valence-corrected chi connectivity index (χ0v) is 18.6. The second-order valence-electron chi connectivity index (χ2n) is 8.05. The summed E-state index contributed by atoms with van der Waals surface area (Å²) in [7, 11) is 0. The van der Waals surface area contributed by atoms with E-state index in [9.17, 15) is 0 Å². The van der Waals surface area contributed by atoms with Gasteiger partial charge in [0.2, 0.25) is 0 Å². The third kappa shape index (κ3) is 7.02. The highest BCUT2D eigenvalue weighted by atomic mass is 16.5. The lowest BCUT2D eigenvalue weighted by atomic mass is 10.0. The number of pyridine rings is 1. The van der Waals surface area contributed by atoms with Crippen LogP contribution in [0.25, 0.3) is 11.3 Å². The number of hydrogen-bond acceptors (Lipinski definition) is 2. The molecule has 30 heavy (non-hydrogen) atoms. The fraction of sp³-hybridized carbons (Fsp3) is 0.393. The van der Waals surface area contributed by atoms with Gasteiger partial charge in [0.1, 0.15) is 5.75 Å². The Morgan fingerprint density at radius 1 is 0.633 bits per heavy atom. The Morgan fingerprint density at radius 2 is 1.27 bits per heavy atom. The van der Waals surface area contributed by atoms with Crippen LogP contribution < -0.4 is 4.74 Å². The molecular formula is C28H35NO. The number of ether oxygens (including phenoxy) is 1. The third-order valence-corrected chi connectivity index (χ3v) is 5.52. The molecule has 2 heteroatoms. The van der Waals surface area contributed by atoms with Crippen molar-refractivity contribution in [3.63, 3.8) is 0 Å². The highest BCUT2D eigenvalue weighted by Crippen LogP contribution is 2.21. The molecule has 0 amide bonds. The molecule has 0 N–H and O–H groups in total. The molecule has 0 fully saturated rings. The lowest BCUT2D eigenvalue weighted by Crippen LogP contribution is -1.97. The first-order valence-corrected chi connectivity index (χ1v) is 11.5. The van der Waals surface area contributed by atoms with Gasteiger partial charge in [-0.05, 0) is 54.5 Å². The van der Waals surface area contributed by atoms with Gasteiger partial charge in [-0.3, -0.25) is 4.98 Å². The van der Waals surface area contributed by atoms with Crippen LogP contribution in [0.5, 0.6) is 5.75 Å². The highest BCUT2D eigenvalue weighted by molar-refractivity contribution is 5.59. The van der Waals surface area contributed by atoms with E-state index in [4.69, 9.17) is 4.74 Å². The summed E-state index contributed by atoms with van der Waals surface area (Å²) < 4.78 is 5.79. The average Bonchev–Trinajstić information content (AvgIpc) is 2.79. The van der Waals surface area contributed by atoms with Crippen LogP contribution in [-0.4, -0.2) is 11.6 Å². The minimum absolute atomic E-state index is 0.775. The molecule has 158 valence electrons. The Balaban J connectivity index is 1.48. The van der Waals surface area contributed by atoms with Gasteiger partial charge in [0.05, 0.1) is 18.5 Å². The largest absolute Gasteiger partial charge is 0.492 e. The first kappa shape index (κ1) is 22.1. The molecule has 2 aromatic carbocycles. The van der Waals surface area contributed by atoms with Crippen LogP contribution in [0.4, 0.5) is 0 Å². The minimum atomic E-state index is 0.775. The van der Waals surface area contributed by atoms with E-state index in [2.05, 4.69) is 67.4 Å². The summed E-state index contributed by atoms with van der Waals surface area (Å²) in [6.07, 6.45) is 11.2. The van der Waals surface area contributed by atoms with E-state index < -0.39 is 0 Å². The summed E-state index contributed by atoms with van der Waals surface area (Å²) in [6, 6.07) is 22.0. The molecular weight excluding hydrogens is 366 g/mol. The monoisotopic (exact) mass is 401 g/mol. The van der Waals surface area contributed by atoms with Crippen LogP contribution in [0.1, 0.15) is 62.6 Å². The van der Waals surface area contributed by atoms with Gasteiger partial charge >= 0.3 is 0 Å². The van der Waals surface area contributed by atoms with Crippen LogP contribution in [0.3, 0.4) is 0 Å². The van der Waals surface area contributed by atoms with E-state index in [0.717, 1.165) is 42.9 Å². The van der Waals surface area contributed by atoms with Gasteiger partial charge in [-0.2, -0.15) is 0 Å². The molecule has 0 saturated heterocycles. The molecule has 3 rings (SSSR count). The van der Waals surface area contributed by atoms with E-state index in [1.165, 1.54) is 48.8 Å². The van der Waals surface area contributed by atoms with E-state index in [1.54, 1.807) is 0 Å². The van der Waals surface area contributed by atoms with Gasteiger partial charge < -0.3 is 4.74 Å². The maximum absolute atomic E-state index is 5.79. The summed E-state index contributed by atoms with van der Waals surface area (Å²) >= 11 is 0. The molecule has 0 spiro atoms. The molecule has 0 unspecified atom stereocenters. The van der Waals surface area contributed by atoms with Crippen molar-refractivity contribution in [1.29, 1.82) is 0 Å². The van der Waals surface area contributed by atoms with Crippen molar-refractivity contribution in [2.75, 3.05) is 6.61 Å². The van der Waals surface area contributed by atoms with Crippen molar-refractivity contribution < 1.29 is 4.74 Å². The number of aromatic nitrogens is 1. The standard InChI is InChI=1S/C28H35NO/c1-3-5-6-7-21-30-27-19-20-28(29-22-27)26-17-15-25(16-18-26)14-13-24-11-9-23(8-4-2)10-12-24/h9-12,15-20,22H,3-8,13-14,21H2,1-2H3. The van der Waals surface area contributed by atoms with Crippen molar-refractivity contribution >= 4 is 0 Å². The van der Waals surface area contributed by atoms with Crippen molar-refractivity contribution in [3.05, 3.63) is 83.6 Å². The number of benzene rings is 2. The van der Waals surface area contributed by atoms with Gasteiger partial charge in [-0.15, -0.1) is 0 Å². The number of aryl methyl sites for hydroxylation is 3. The first-order valence-electron chi connectivity index (χ1n) is 11.5. The molecule has 0 aliphatic carbocycles. The minimum Gasteiger partial charge on any atom is -0.492 e. The lowest BCUT2D eigenvalue weighted by molar-refractivity contribution is 0.304. The van der Waals surface area contributed by atoms with Crippen LogP contribution in [0.2, 0.25) is 0 Å². The van der Waals surface area contributed by atoms with E-state index >= 15 is 0 Å². The molecule has 1 aromatic heterocycles. The fourth-order valence-corrected chi connectivity index (χ4v) is 3.65. The van der Waals surface area contributed by atoms with Gasteiger partial charge in [0.15, 0.2) is 0 Å². The molecule has 0 radical (unpaired) electrons. The van der Waals surface area contributed by atoms with E-state index in [-0.39, 0.29) is 0 Å². The zero-order chi connectivity index (χ0) is 21.0. The molecule has 3 aromatic rings. The van der Waals surface area contributed by atoms with Crippen molar-refractivity contribution in [2.24, 2.45) is 0 Å². The molecule has 0 saturated carbocycles. The van der Waals surface area contributed by atoms with Crippen molar-refractivity contribution in [3.8, 4) is 17.0 Å². The predicted octanol–water partition coefficient (Wildman–Crippen LogP) is 7.45. The van der Waals surface area contributed by atoms with E-state index in [0.29, 0.717) is 0 Å². The number of nitrogens with zero attached hydrogens (tertiary/aromatic N) is 1. The summed E-state index contributed by atoms with van der Waals surface area (Å²) in [5.41, 5.74) is 6.35. The third-order valence-electron chi connectivity index (χ3n) is 5.52. The quantitative estimate of drug-likeness (QED) is 0.294. The Bertz CT molecular complexity index is 851. The van der Waals surface area contributed by atoms with Crippen molar-refractivity contribution in [1.82, 2.24) is 4.98 Å². The predicted molar refractivity (Wildman–Crippen MR) is 127 cm³/mol. The van der Waals surface area contributed by atoms with Crippen LogP contribution in [0.15, 0.2) is 66.9 Å². The maximum Gasteiger partial charge on any atom is 0.137 e. The Kier molecular flexibility index (Phi) is 8.96. The van der Waals surface area contributed by atoms with Crippen LogP contribution >= 0.6 is 0 Å². The zero-order valence-electron chi connectivity index (χ0n) is 18.6. The molecule has 0 atom stereocenters. The van der Waals surface area contributed by atoms with Gasteiger partial charge in [-0.1, -0.05) is 88.1 Å². The second kappa shape index (κ2) is 12.2. The molecule has 2 nitrogen and oxygen atoms in total.